The van der Waals surface area contributed by atoms with Crippen LogP contribution in [0.4, 0.5) is 5.69 Å². The fourth-order valence-electron chi connectivity index (χ4n) is 5.70. The molecule has 204 valence electrons. The first-order valence-electron chi connectivity index (χ1n) is 13.5. The van der Waals surface area contributed by atoms with Crippen LogP contribution < -0.4 is 15.0 Å². The predicted octanol–water partition coefficient (Wildman–Crippen LogP) is 4.59. The Morgan fingerprint density at radius 3 is 2.46 bits per heavy atom. The lowest BCUT2D eigenvalue weighted by atomic mass is 9.79. The zero-order valence-electron chi connectivity index (χ0n) is 22.5. The molecule has 0 aliphatic carbocycles. The van der Waals surface area contributed by atoms with Crippen LogP contribution in [0.1, 0.15) is 39.9 Å². The zero-order valence-corrected chi connectivity index (χ0v) is 23.2. The van der Waals surface area contributed by atoms with Crippen molar-refractivity contribution < 1.29 is 14.3 Å². The predicted molar refractivity (Wildman–Crippen MR) is 155 cm³/mol. The van der Waals surface area contributed by atoms with Gasteiger partial charge in [0, 0.05) is 56.0 Å². The van der Waals surface area contributed by atoms with E-state index in [1.54, 1.807) is 19.1 Å². The highest BCUT2D eigenvalue weighted by atomic mass is 35.5. The minimum Gasteiger partial charge on any atom is -0.497 e. The van der Waals surface area contributed by atoms with E-state index in [4.69, 9.17) is 16.3 Å². The molecule has 39 heavy (non-hydrogen) atoms. The van der Waals surface area contributed by atoms with Gasteiger partial charge in [-0.05, 0) is 60.5 Å². The van der Waals surface area contributed by atoms with Crippen LogP contribution in [0.2, 0.25) is 5.02 Å². The normalized spacial score (nSPS) is 19.5. The second-order valence-corrected chi connectivity index (χ2v) is 10.6. The SMILES string of the molecule is COc1ccc([C@H]2[C@@H](C(=O)NCCCN3CCN(c4cccc(Cl)c4)CC3)c3ccccc3C(=O)N2C)cc1. The topological polar surface area (TPSA) is 65.1 Å². The van der Waals surface area contributed by atoms with Gasteiger partial charge in [-0.3, -0.25) is 14.5 Å². The number of methoxy groups -OCH3 is 1. The maximum Gasteiger partial charge on any atom is 0.254 e. The first kappa shape index (κ1) is 27.0. The number of hydrogen-bond acceptors (Lipinski definition) is 5. The maximum absolute atomic E-state index is 13.7. The minimum atomic E-state index is -0.501. The molecule has 2 aliphatic rings. The summed E-state index contributed by atoms with van der Waals surface area (Å²) >= 11 is 6.16. The Morgan fingerprint density at radius 2 is 1.74 bits per heavy atom. The molecule has 2 amide bonds. The van der Waals surface area contributed by atoms with Crippen molar-refractivity contribution >= 4 is 29.1 Å². The van der Waals surface area contributed by atoms with Crippen LogP contribution in [-0.4, -0.2) is 75.0 Å². The molecule has 3 aromatic carbocycles. The van der Waals surface area contributed by atoms with Crippen LogP contribution in [0.3, 0.4) is 0 Å². The fourth-order valence-corrected chi connectivity index (χ4v) is 5.89. The number of nitrogens with one attached hydrogen (secondary N) is 1. The Kier molecular flexibility index (Phi) is 8.38. The van der Waals surface area contributed by atoms with Gasteiger partial charge >= 0.3 is 0 Å². The van der Waals surface area contributed by atoms with E-state index in [9.17, 15) is 9.59 Å². The monoisotopic (exact) mass is 546 g/mol. The van der Waals surface area contributed by atoms with E-state index in [1.807, 2.05) is 66.7 Å². The lowest BCUT2D eigenvalue weighted by Gasteiger charge is -2.40. The summed E-state index contributed by atoms with van der Waals surface area (Å²) < 4.78 is 5.31. The van der Waals surface area contributed by atoms with E-state index >= 15 is 0 Å². The molecule has 2 atom stereocenters. The van der Waals surface area contributed by atoms with E-state index in [0.717, 1.165) is 66.7 Å². The highest BCUT2D eigenvalue weighted by Gasteiger charge is 2.42. The number of rotatable bonds is 8. The van der Waals surface area contributed by atoms with Gasteiger partial charge in [-0.1, -0.05) is 48.0 Å². The number of nitrogens with zero attached hydrogens (tertiary/aromatic N) is 3. The van der Waals surface area contributed by atoms with E-state index in [0.29, 0.717) is 12.1 Å². The molecule has 0 aromatic heterocycles. The number of anilines is 1. The summed E-state index contributed by atoms with van der Waals surface area (Å²) in [6, 6.07) is 22.7. The molecule has 2 aliphatic heterocycles. The molecule has 7 nitrogen and oxygen atoms in total. The summed E-state index contributed by atoms with van der Waals surface area (Å²) in [5.41, 5.74) is 3.43. The first-order valence-corrected chi connectivity index (χ1v) is 13.8. The highest BCUT2D eigenvalue weighted by Crippen LogP contribution is 2.42. The largest absolute Gasteiger partial charge is 0.497 e. The van der Waals surface area contributed by atoms with Crippen LogP contribution in [0, 0.1) is 0 Å². The summed E-state index contributed by atoms with van der Waals surface area (Å²) in [5.74, 6) is 0.0951. The number of halogens is 1. The van der Waals surface area contributed by atoms with Crippen LogP contribution in [0.25, 0.3) is 0 Å². The van der Waals surface area contributed by atoms with Gasteiger partial charge < -0.3 is 19.9 Å². The number of amides is 2. The molecule has 2 heterocycles. The van der Waals surface area contributed by atoms with Crippen LogP contribution in [0.5, 0.6) is 5.75 Å². The van der Waals surface area contributed by atoms with Crippen molar-refractivity contribution in [3.63, 3.8) is 0 Å². The van der Waals surface area contributed by atoms with Crippen molar-refractivity contribution in [2.24, 2.45) is 0 Å². The second-order valence-electron chi connectivity index (χ2n) is 10.2. The van der Waals surface area contributed by atoms with Gasteiger partial charge in [0.15, 0.2) is 0 Å². The van der Waals surface area contributed by atoms with Gasteiger partial charge in [0.2, 0.25) is 5.91 Å². The van der Waals surface area contributed by atoms with Crippen molar-refractivity contribution in [1.29, 1.82) is 0 Å². The van der Waals surface area contributed by atoms with Gasteiger partial charge in [0.25, 0.3) is 5.91 Å². The standard InChI is InChI=1S/C31H35ClN4O3/c1-34-29(22-11-13-25(39-2)14-12-22)28(26-9-3-4-10-27(26)31(34)38)30(37)33-15-6-16-35-17-19-36(20-18-35)24-8-5-7-23(32)21-24/h3-5,7-14,21,28-29H,6,15-20H2,1-2H3,(H,33,37)/t28-,29-/m0/s1. The summed E-state index contributed by atoms with van der Waals surface area (Å²) in [6.07, 6.45) is 0.860. The third kappa shape index (κ3) is 5.89. The summed E-state index contributed by atoms with van der Waals surface area (Å²) in [7, 11) is 3.40. The second kappa shape index (κ2) is 12.1. The number of carbonyl (C=O) groups is 2. The average Bonchev–Trinajstić information content (AvgIpc) is 2.97. The van der Waals surface area contributed by atoms with Crippen molar-refractivity contribution in [3.8, 4) is 5.75 Å². The molecule has 0 radical (unpaired) electrons. The Labute approximate surface area is 235 Å². The lowest BCUT2D eigenvalue weighted by Crippen LogP contribution is -2.47. The number of likely N-dealkylation sites (N-methyl/N-ethyl adjacent to an activating group) is 1. The van der Waals surface area contributed by atoms with E-state index in [-0.39, 0.29) is 11.8 Å². The van der Waals surface area contributed by atoms with E-state index < -0.39 is 12.0 Å². The molecule has 0 spiro atoms. The highest BCUT2D eigenvalue weighted by molar-refractivity contribution is 6.30. The first-order chi connectivity index (χ1) is 19.0. The van der Waals surface area contributed by atoms with Crippen molar-refractivity contribution in [1.82, 2.24) is 15.1 Å². The van der Waals surface area contributed by atoms with Crippen LogP contribution in [-0.2, 0) is 4.79 Å². The van der Waals surface area contributed by atoms with Gasteiger partial charge in [0.05, 0.1) is 19.1 Å². The van der Waals surface area contributed by atoms with Gasteiger partial charge in [-0.25, -0.2) is 0 Å². The Morgan fingerprint density at radius 1 is 1.00 bits per heavy atom. The third-order valence-electron chi connectivity index (χ3n) is 7.82. The Hall–Kier alpha value is -3.55. The van der Waals surface area contributed by atoms with Crippen molar-refractivity contribution in [2.75, 3.05) is 58.3 Å². The quantitative estimate of drug-likeness (QED) is 0.419. The molecule has 1 N–H and O–H groups in total. The smallest absolute Gasteiger partial charge is 0.254 e. The number of benzene rings is 3. The Bertz CT molecular complexity index is 1310. The number of carbonyl (C=O) groups excluding carboxylic acids is 2. The molecule has 5 rings (SSSR count). The van der Waals surface area contributed by atoms with Crippen LogP contribution in [0.15, 0.2) is 72.8 Å². The Balaban J connectivity index is 1.21. The van der Waals surface area contributed by atoms with E-state index in [1.165, 1.54) is 0 Å². The van der Waals surface area contributed by atoms with E-state index in [2.05, 4.69) is 21.2 Å². The van der Waals surface area contributed by atoms with Gasteiger partial charge in [-0.2, -0.15) is 0 Å². The summed E-state index contributed by atoms with van der Waals surface area (Å²) in [6.45, 7) is 5.36. The molecule has 0 saturated carbocycles. The zero-order chi connectivity index (χ0) is 27.4. The molecule has 1 saturated heterocycles. The number of piperazine rings is 1. The van der Waals surface area contributed by atoms with Gasteiger partial charge in [0.1, 0.15) is 5.75 Å². The molecule has 1 fully saturated rings. The third-order valence-corrected chi connectivity index (χ3v) is 8.05. The molecule has 3 aromatic rings. The molecule has 0 bridgehead atoms. The number of ether oxygens (including phenoxy) is 1. The average molecular weight is 547 g/mol. The van der Waals surface area contributed by atoms with Crippen LogP contribution >= 0.6 is 11.6 Å². The number of hydrogen-bond donors (Lipinski definition) is 1. The molecular weight excluding hydrogens is 512 g/mol. The summed E-state index contributed by atoms with van der Waals surface area (Å²) in [4.78, 5) is 33.4. The van der Waals surface area contributed by atoms with Crippen molar-refractivity contribution in [2.45, 2.75) is 18.4 Å². The number of fused-ring (bicyclic) bond motifs is 1. The fraction of sp³-hybridized carbons (Fsp3) is 0.355. The molecule has 8 heteroatoms. The lowest BCUT2D eigenvalue weighted by molar-refractivity contribution is -0.124. The van der Waals surface area contributed by atoms with Crippen molar-refractivity contribution in [3.05, 3.63) is 94.5 Å². The molecular formula is C31H35ClN4O3. The minimum absolute atomic E-state index is 0.0617. The van der Waals surface area contributed by atoms with Gasteiger partial charge in [-0.15, -0.1) is 0 Å². The summed E-state index contributed by atoms with van der Waals surface area (Å²) in [5, 5.41) is 3.94. The maximum atomic E-state index is 13.7. The molecule has 0 unspecified atom stereocenters.